The fraction of sp³-hybridized carbons (Fsp3) is 1.00. The van der Waals surface area contributed by atoms with E-state index in [1.54, 1.807) is 0 Å². The van der Waals surface area contributed by atoms with E-state index in [0.29, 0.717) is 12.1 Å². The van der Waals surface area contributed by atoms with Crippen molar-refractivity contribution in [2.75, 3.05) is 6.61 Å². The molecule has 2 aliphatic carbocycles. The lowest BCUT2D eigenvalue weighted by molar-refractivity contribution is 0.000555. The lowest BCUT2D eigenvalue weighted by Gasteiger charge is -2.33. The first-order chi connectivity index (χ1) is 8.36. The van der Waals surface area contributed by atoms with E-state index in [4.69, 9.17) is 10.6 Å². The van der Waals surface area contributed by atoms with Gasteiger partial charge in [-0.1, -0.05) is 25.7 Å². The minimum Gasteiger partial charge on any atom is -0.377 e. The molecule has 0 saturated heterocycles. The Hall–Kier alpha value is -0.120. The van der Waals surface area contributed by atoms with Crippen LogP contribution in [-0.4, -0.2) is 18.8 Å². The number of nitrogens with one attached hydrogen (secondary N) is 1. The summed E-state index contributed by atoms with van der Waals surface area (Å²) in [6.07, 6.45) is 11.2. The van der Waals surface area contributed by atoms with Crippen molar-refractivity contribution in [1.29, 1.82) is 0 Å². The van der Waals surface area contributed by atoms with Crippen molar-refractivity contribution in [3.8, 4) is 0 Å². The van der Waals surface area contributed by atoms with Crippen LogP contribution in [0.3, 0.4) is 0 Å². The van der Waals surface area contributed by atoms with Gasteiger partial charge in [0.05, 0.1) is 12.1 Å². The van der Waals surface area contributed by atoms with Crippen LogP contribution in [0.5, 0.6) is 0 Å². The van der Waals surface area contributed by atoms with Crippen LogP contribution in [0, 0.1) is 11.8 Å². The maximum absolute atomic E-state index is 5.97. The smallest absolute Gasteiger partial charge is 0.0772 e. The molecule has 0 aliphatic heterocycles. The number of rotatable bonds is 6. The predicted molar refractivity (Wildman–Crippen MR) is 70.4 cm³/mol. The number of hydrogen-bond acceptors (Lipinski definition) is 3. The van der Waals surface area contributed by atoms with E-state index >= 15 is 0 Å². The summed E-state index contributed by atoms with van der Waals surface area (Å²) in [7, 11) is 0. The molecule has 2 rings (SSSR count). The third-order valence-electron chi connectivity index (χ3n) is 4.40. The summed E-state index contributed by atoms with van der Waals surface area (Å²) in [4.78, 5) is 0. The number of nitrogens with two attached hydrogens (primary N) is 1. The molecule has 0 aromatic heterocycles. The van der Waals surface area contributed by atoms with Crippen molar-refractivity contribution in [3.05, 3.63) is 0 Å². The standard InChI is InChI=1S/C14H28N2O/c1-2-17-14(12-9-10-12)13(16-15)11-7-5-3-4-6-8-11/h11-14,16H,2-10,15H2,1H3. The summed E-state index contributed by atoms with van der Waals surface area (Å²) in [5.74, 6) is 7.31. The van der Waals surface area contributed by atoms with Gasteiger partial charge >= 0.3 is 0 Å². The molecule has 0 radical (unpaired) electrons. The van der Waals surface area contributed by atoms with Gasteiger partial charge < -0.3 is 4.74 Å². The Morgan fingerprint density at radius 1 is 1.06 bits per heavy atom. The molecule has 0 heterocycles. The Morgan fingerprint density at radius 3 is 2.18 bits per heavy atom. The zero-order chi connectivity index (χ0) is 12.1. The molecule has 2 unspecified atom stereocenters. The molecule has 17 heavy (non-hydrogen) atoms. The number of hydrogen-bond donors (Lipinski definition) is 2. The molecule has 3 nitrogen and oxygen atoms in total. The van der Waals surface area contributed by atoms with Crippen molar-refractivity contribution in [2.45, 2.75) is 70.4 Å². The van der Waals surface area contributed by atoms with Crippen LogP contribution in [0.15, 0.2) is 0 Å². The van der Waals surface area contributed by atoms with Gasteiger partial charge in [-0.05, 0) is 44.4 Å². The van der Waals surface area contributed by atoms with Gasteiger partial charge in [0.2, 0.25) is 0 Å². The van der Waals surface area contributed by atoms with Crippen molar-refractivity contribution >= 4 is 0 Å². The third kappa shape index (κ3) is 3.67. The van der Waals surface area contributed by atoms with Gasteiger partial charge in [-0.2, -0.15) is 0 Å². The van der Waals surface area contributed by atoms with Gasteiger partial charge in [0, 0.05) is 6.61 Å². The van der Waals surface area contributed by atoms with E-state index < -0.39 is 0 Å². The zero-order valence-electron chi connectivity index (χ0n) is 11.2. The summed E-state index contributed by atoms with van der Waals surface area (Å²) in [6.45, 7) is 2.90. The highest BCUT2D eigenvalue weighted by Gasteiger charge is 2.40. The van der Waals surface area contributed by atoms with Crippen LogP contribution in [0.4, 0.5) is 0 Å². The first-order valence-corrected chi connectivity index (χ1v) is 7.44. The van der Waals surface area contributed by atoms with E-state index in [2.05, 4.69) is 12.3 Å². The Balaban J connectivity index is 1.95. The van der Waals surface area contributed by atoms with E-state index in [1.165, 1.54) is 51.4 Å². The van der Waals surface area contributed by atoms with Gasteiger partial charge in [0.25, 0.3) is 0 Å². The summed E-state index contributed by atoms with van der Waals surface area (Å²) < 4.78 is 5.97. The fourth-order valence-corrected chi connectivity index (χ4v) is 3.32. The average Bonchev–Trinajstić information content (AvgIpc) is 3.17. The number of ether oxygens (including phenoxy) is 1. The molecule has 2 aliphatic rings. The molecule has 0 amide bonds. The largest absolute Gasteiger partial charge is 0.377 e. The van der Waals surface area contributed by atoms with Crippen molar-refractivity contribution in [3.63, 3.8) is 0 Å². The molecule has 100 valence electrons. The maximum Gasteiger partial charge on any atom is 0.0772 e. The Labute approximate surface area is 105 Å². The van der Waals surface area contributed by atoms with Crippen LogP contribution in [0.1, 0.15) is 58.3 Å². The van der Waals surface area contributed by atoms with Crippen molar-refractivity contribution in [1.82, 2.24) is 5.43 Å². The fourth-order valence-electron chi connectivity index (χ4n) is 3.32. The molecule has 2 fully saturated rings. The second kappa shape index (κ2) is 6.72. The summed E-state index contributed by atoms with van der Waals surface area (Å²) >= 11 is 0. The highest BCUT2D eigenvalue weighted by atomic mass is 16.5. The summed E-state index contributed by atoms with van der Waals surface area (Å²) in [5, 5.41) is 0. The normalized spacial score (nSPS) is 26.5. The predicted octanol–water partition coefficient (Wildman–Crippen LogP) is 2.60. The van der Waals surface area contributed by atoms with Crippen LogP contribution in [-0.2, 0) is 4.74 Å². The van der Waals surface area contributed by atoms with Crippen molar-refractivity contribution in [2.24, 2.45) is 17.7 Å². The van der Waals surface area contributed by atoms with E-state index in [0.717, 1.165) is 18.4 Å². The molecule has 2 atom stereocenters. The molecule has 0 aromatic carbocycles. The third-order valence-corrected chi connectivity index (χ3v) is 4.40. The molecule has 3 N–H and O–H groups in total. The quantitative estimate of drug-likeness (QED) is 0.426. The summed E-state index contributed by atoms with van der Waals surface area (Å²) in [6, 6.07) is 0.376. The highest BCUT2D eigenvalue weighted by molar-refractivity contribution is 4.93. The van der Waals surface area contributed by atoms with Crippen LogP contribution in [0.25, 0.3) is 0 Å². The minimum absolute atomic E-state index is 0.355. The molecule has 0 aromatic rings. The van der Waals surface area contributed by atoms with Gasteiger partial charge in [0.15, 0.2) is 0 Å². The minimum atomic E-state index is 0.355. The van der Waals surface area contributed by atoms with Crippen LogP contribution < -0.4 is 11.3 Å². The Kier molecular flexibility index (Phi) is 5.26. The highest BCUT2D eigenvalue weighted by Crippen LogP contribution is 2.39. The summed E-state index contributed by atoms with van der Waals surface area (Å²) in [5.41, 5.74) is 3.08. The van der Waals surface area contributed by atoms with Crippen LogP contribution >= 0.6 is 0 Å². The second-order valence-electron chi connectivity index (χ2n) is 5.70. The molecule has 0 spiro atoms. The molecule has 0 bridgehead atoms. The van der Waals surface area contributed by atoms with E-state index in [-0.39, 0.29) is 0 Å². The first kappa shape index (κ1) is 13.3. The molecular formula is C14H28N2O. The van der Waals surface area contributed by atoms with E-state index in [1.807, 2.05) is 0 Å². The van der Waals surface area contributed by atoms with Gasteiger partial charge in [-0.15, -0.1) is 0 Å². The molecular weight excluding hydrogens is 212 g/mol. The topological polar surface area (TPSA) is 47.3 Å². The Morgan fingerprint density at radius 2 is 1.71 bits per heavy atom. The zero-order valence-corrected chi connectivity index (χ0v) is 11.2. The monoisotopic (exact) mass is 240 g/mol. The second-order valence-corrected chi connectivity index (χ2v) is 5.70. The Bertz CT molecular complexity index is 210. The molecule has 3 heteroatoms. The van der Waals surface area contributed by atoms with E-state index in [9.17, 15) is 0 Å². The van der Waals surface area contributed by atoms with Crippen LogP contribution in [0.2, 0.25) is 0 Å². The first-order valence-electron chi connectivity index (χ1n) is 7.44. The number of hydrazine groups is 1. The van der Waals surface area contributed by atoms with Crippen molar-refractivity contribution < 1.29 is 4.74 Å². The maximum atomic E-state index is 5.97. The van der Waals surface area contributed by atoms with Gasteiger partial charge in [-0.3, -0.25) is 11.3 Å². The lowest BCUT2D eigenvalue weighted by Crippen LogP contribution is -2.50. The molecule has 2 saturated carbocycles. The SMILES string of the molecule is CCOC(C1CC1)C(NN)C1CCCCCC1. The average molecular weight is 240 g/mol. The van der Waals surface area contributed by atoms with Gasteiger partial charge in [-0.25, -0.2) is 0 Å². The lowest BCUT2D eigenvalue weighted by atomic mass is 9.87. The van der Waals surface area contributed by atoms with Gasteiger partial charge in [0.1, 0.15) is 0 Å².